The van der Waals surface area contributed by atoms with Crippen LogP contribution in [0.25, 0.3) is 10.4 Å². The largest absolute Gasteiger partial charge is 0.466 e. The van der Waals surface area contributed by atoms with Crippen LogP contribution in [-0.4, -0.2) is 13.1 Å². The fraction of sp³-hybridized carbons (Fsp3) is 0.250. The average molecular weight is 251 g/mol. The van der Waals surface area contributed by atoms with Crippen molar-refractivity contribution in [3.05, 3.63) is 28.5 Å². The fourth-order valence-electron chi connectivity index (χ4n) is 1.67. The number of ether oxygens (including phenoxy) is 1. The van der Waals surface area contributed by atoms with E-state index in [0.29, 0.717) is 10.6 Å². The lowest BCUT2D eigenvalue weighted by atomic mass is 10.2. The summed E-state index contributed by atoms with van der Waals surface area (Å²) in [6.07, 6.45) is 0. The lowest BCUT2D eigenvalue weighted by molar-refractivity contribution is 0.0607. The number of carbonyl (C=O) groups is 1. The summed E-state index contributed by atoms with van der Waals surface area (Å²) in [5.74, 6) is 1.25. The maximum Gasteiger partial charge on any atom is 0.350 e. The van der Waals surface area contributed by atoms with E-state index in [1.54, 1.807) is 6.07 Å². The molecule has 2 heterocycles. The molecule has 0 unspecified atom stereocenters. The van der Waals surface area contributed by atoms with Gasteiger partial charge in [-0.2, -0.15) is 0 Å². The Balaban J connectivity index is 2.48. The maximum absolute atomic E-state index is 11.5. The summed E-state index contributed by atoms with van der Waals surface area (Å²) in [5.41, 5.74) is 7.20. The molecule has 0 aliphatic carbocycles. The van der Waals surface area contributed by atoms with E-state index in [2.05, 4.69) is 4.74 Å². The molecule has 0 bridgehead atoms. The van der Waals surface area contributed by atoms with Crippen molar-refractivity contribution in [2.24, 2.45) is 0 Å². The third kappa shape index (κ3) is 2.06. The van der Waals surface area contributed by atoms with Crippen molar-refractivity contribution >= 4 is 23.0 Å². The fourth-order valence-corrected chi connectivity index (χ4v) is 2.73. The standard InChI is InChI=1S/C12H13NO3S/c1-6-4-8(7(2)16-6)10-5-9(13)11(17-10)12(14)15-3/h4-5H,13H2,1-3H3. The highest BCUT2D eigenvalue weighted by Gasteiger charge is 2.17. The minimum Gasteiger partial charge on any atom is -0.466 e. The first-order valence-corrected chi connectivity index (χ1v) is 5.89. The molecular formula is C12H13NO3S. The van der Waals surface area contributed by atoms with Crippen molar-refractivity contribution in [1.82, 2.24) is 0 Å². The van der Waals surface area contributed by atoms with E-state index in [9.17, 15) is 4.79 Å². The van der Waals surface area contributed by atoms with Crippen LogP contribution in [0.2, 0.25) is 0 Å². The van der Waals surface area contributed by atoms with Gasteiger partial charge in [-0.05, 0) is 26.0 Å². The zero-order valence-electron chi connectivity index (χ0n) is 9.87. The molecule has 2 N–H and O–H groups in total. The number of aryl methyl sites for hydroxylation is 2. The molecule has 5 heteroatoms. The van der Waals surface area contributed by atoms with Crippen LogP contribution in [0, 0.1) is 13.8 Å². The molecular weight excluding hydrogens is 238 g/mol. The monoisotopic (exact) mass is 251 g/mol. The van der Waals surface area contributed by atoms with Crippen molar-refractivity contribution in [1.29, 1.82) is 0 Å². The zero-order valence-corrected chi connectivity index (χ0v) is 10.7. The van der Waals surface area contributed by atoms with Gasteiger partial charge in [-0.25, -0.2) is 4.79 Å². The summed E-state index contributed by atoms with van der Waals surface area (Å²) in [7, 11) is 1.34. The quantitative estimate of drug-likeness (QED) is 0.833. The summed E-state index contributed by atoms with van der Waals surface area (Å²) in [5, 5.41) is 0. The van der Waals surface area contributed by atoms with E-state index in [4.69, 9.17) is 10.2 Å². The molecule has 2 rings (SSSR count). The summed E-state index contributed by atoms with van der Waals surface area (Å²) in [4.78, 5) is 12.8. The third-order valence-electron chi connectivity index (χ3n) is 2.44. The van der Waals surface area contributed by atoms with Gasteiger partial charge in [0.1, 0.15) is 16.4 Å². The number of esters is 1. The van der Waals surface area contributed by atoms with Crippen LogP contribution in [0.5, 0.6) is 0 Å². The van der Waals surface area contributed by atoms with Gasteiger partial charge >= 0.3 is 5.97 Å². The van der Waals surface area contributed by atoms with Crippen molar-refractivity contribution in [3.63, 3.8) is 0 Å². The van der Waals surface area contributed by atoms with Crippen LogP contribution in [0.3, 0.4) is 0 Å². The van der Waals surface area contributed by atoms with Crippen molar-refractivity contribution in [2.45, 2.75) is 13.8 Å². The molecule has 0 fully saturated rings. The first kappa shape index (κ1) is 11.7. The number of nitrogen functional groups attached to an aromatic ring is 1. The van der Waals surface area contributed by atoms with Gasteiger partial charge in [-0.15, -0.1) is 11.3 Å². The van der Waals surface area contributed by atoms with Gasteiger partial charge in [0, 0.05) is 10.4 Å². The number of carbonyl (C=O) groups excluding carboxylic acids is 1. The lowest BCUT2D eigenvalue weighted by Gasteiger charge is -1.94. The highest BCUT2D eigenvalue weighted by molar-refractivity contribution is 7.18. The maximum atomic E-state index is 11.5. The van der Waals surface area contributed by atoms with Crippen LogP contribution in [0.15, 0.2) is 16.5 Å². The van der Waals surface area contributed by atoms with Gasteiger partial charge < -0.3 is 14.9 Å². The number of hydrogen-bond acceptors (Lipinski definition) is 5. The molecule has 90 valence electrons. The number of methoxy groups -OCH3 is 1. The molecule has 0 saturated carbocycles. The van der Waals surface area contributed by atoms with Gasteiger partial charge in [0.05, 0.1) is 12.8 Å². The number of furan rings is 1. The summed E-state index contributed by atoms with van der Waals surface area (Å²) in [6, 6.07) is 3.70. The number of anilines is 1. The second-order valence-corrected chi connectivity index (χ2v) is 4.77. The number of rotatable bonds is 2. The molecule has 0 spiro atoms. The topological polar surface area (TPSA) is 65.5 Å². The molecule has 0 atom stereocenters. The summed E-state index contributed by atoms with van der Waals surface area (Å²) >= 11 is 1.31. The SMILES string of the molecule is COC(=O)c1sc(-c2cc(C)oc2C)cc1N. The Morgan fingerprint density at radius 2 is 2.12 bits per heavy atom. The van der Waals surface area contributed by atoms with Crippen molar-refractivity contribution in [3.8, 4) is 10.4 Å². The minimum atomic E-state index is -0.406. The Bertz CT molecular complexity index is 568. The molecule has 0 aliphatic heterocycles. The van der Waals surface area contributed by atoms with E-state index >= 15 is 0 Å². The first-order valence-electron chi connectivity index (χ1n) is 5.08. The minimum absolute atomic E-state index is 0.406. The number of thiophene rings is 1. The molecule has 0 aliphatic rings. The predicted molar refractivity (Wildman–Crippen MR) is 67.2 cm³/mol. The second kappa shape index (κ2) is 4.25. The van der Waals surface area contributed by atoms with Crippen molar-refractivity contribution < 1.29 is 13.9 Å². The highest BCUT2D eigenvalue weighted by atomic mass is 32.1. The Hall–Kier alpha value is -1.75. The molecule has 0 radical (unpaired) electrons. The molecule has 0 aromatic carbocycles. The Labute approximate surface area is 103 Å². The van der Waals surface area contributed by atoms with Gasteiger partial charge in [-0.3, -0.25) is 0 Å². The zero-order chi connectivity index (χ0) is 12.6. The summed E-state index contributed by atoms with van der Waals surface area (Å²) < 4.78 is 10.1. The average Bonchev–Trinajstić information content (AvgIpc) is 2.80. The van der Waals surface area contributed by atoms with Crippen LogP contribution in [0.1, 0.15) is 21.2 Å². The Kier molecular flexibility index (Phi) is 2.93. The van der Waals surface area contributed by atoms with Crippen LogP contribution in [0.4, 0.5) is 5.69 Å². The molecule has 2 aromatic rings. The number of nitrogens with two attached hydrogens (primary N) is 1. The van der Waals surface area contributed by atoms with Gasteiger partial charge in [-0.1, -0.05) is 0 Å². The van der Waals surface area contributed by atoms with Crippen LogP contribution in [-0.2, 0) is 4.74 Å². The Morgan fingerprint density at radius 3 is 2.65 bits per heavy atom. The molecule has 17 heavy (non-hydrogen) atoms. The molecule has 0 saturated heterocycles. The van der Waals surface area contributed by atoms with Gasteiger partial charge in [0.25, 0.3) is 0 Å². The van der Waals surface area contributed by atoms with Crippen molar-refractivity contribution in [2.75, 3.05) is 12.8 Å². The van der Waals surface area contributed by atoms with E-state index in [0.717, 1.165) is 22.0 Å². The second-order valence-electron chi connectivity index (χ2n) is 3.71. The third-order valence-corrected chi connectivity index (χ3v) is 3.60. The molecule has 4 nitrogen and oxygen atoms in total. The summed E-state index contributed by atoms with van der Waals surface area (Å²) in [6.45, 7) is 3.77. The molecule has 2 aromatic heterocycles. The van der Waals surface area contributed by atoms with E-state index < -0.39 is 5.97 Å². The van der Waals surface area contributed by atoms with Gasteiger partial charge in [0.15, 0.2) is 0 Å². The normalized spacial score (nSPS) is 10.5. The van der Waals surface area contributed by atoms with Crippen LogP contribution < -0.4 is 5.73 Å². The smallest absolute Gasteiger partial charge is 0.350 e. The lowest BCUT2D eigenvalue weighted by Crippen LogP contribution is -2.00. The predicted octanol–water partition coefficient (Wildman–Crippen LogP) is 2.99. The van der Waals surface area contributed by atoms with E-state index in [1.807, 2.05) is 19.9 Å². The highest BCUT2D eigenvalue weighted by Crippen LogP contribution is 2.36. The van der Waals surface area contributed by atoms with Crippen LogP contribution >= 0.6 is 11.3 Å². The van der Waals surface area contributed by atoms with E-state index in [-0.39, 0.29) is 0 Å². The first-order chi connectivity index (χ1) is 8.02. The Morgan fingerprint density at radius 1 is 1.41 bits per heavy atom. The molecule has 0 amide bonds. The number of hydrogen-bond donors (Lipinski definition) is 1. The van der Waals surface area contributed by atoms with Gasteiger partial charge in [0.2, 0.25) is 0 Å². The van der Waals surface area contributed by atoms with E-state index in [1.165, 1.54) is 18.4 Å².